The molecular weight excluding hydrogens is 191 g/mol. The fraction of sp³-hybridized carbons (Fsp3) is 0.111. The van der Waals surface area contributed by atoms with Crippen molar-refractivity contribution in [2.75, 3.05) is 7.11 Å². The van der Waals surface area contributed by atoms with Gasteiger partial charge in [-0.15, -0.1) is 0 Å². The number of hydrogen-bond donors (Lipinski definition) is 1. The third kappa shape index (κ3) is 1.71. The van der Waals surface area contributed by atoms with Gasteiger partial charge in [-0.05, 0) is 12.1 Å². The van der Waals surface area contributed by atoms with Gasteiger partial charge in [0.05, 0.1) is 18.2 Å². The van der Waals surface area contributed by atoms with E-state index in [1.807, 2.05) is 0 Å². The van der Waals surface area contributed by atoms with Crippen molar-refractivity contribution in [3.63, 3.8) is 0 Å². The van der Waals surface area contributed by atoms with E-state index in [0.29, 0.717) is 0 Å². The number of benzene rings is 1. The second-order valence-corrected chi connectivity index (χ2v) is 2.46. The average Bonchev–Trinajstić information content (AvgIpc) is 2.16. The topological polar surface area (TPSA) is 63.6 Å². The summed E-state index contributed by atoms with van der Waals surface area (Å²) in [6, 6.07) is 3.51. The predicted octanol–water partition coefficient (Wildman–Crippen LogP) is 1.31. The van der Waals surface area contributed by atoms with Gasteiger partial charge in [0.1, 0.15) is 0 Å². The Morgan fingerprint density at radius 1 is 1.36 bits per heavy atom. The van der Waals surface area contributed by atoms with Crippen LogP contribution in [0.25, 0.3) is 0 Å². The molecule has 0 radical (unpaired) electrons. The highest BCUT2D eigenvalue weighted by molar-refractivity contribution is 5.95. The zero-order chi connectivity index (χ0) is 10.7. The molecule has 0 fully saturated rings. The quantitative estimate of drug-likeness (QED) is 0.727. The number of carboxylic acids is 1. The highest BCUT2D eigenvalue weighted by Gasteiger charge is 2.18. The van der Waals surface area contributed by atoms with Crippen LogP contribution in [-0.2, 0) is 4.74 Å². The van der Waals surface area contributed by atoms with Gasteiger partial charge in [0.15, 0.2) is 5.82 Å². The Balaban J connectivity index is 3.27. The summed E-state index contributed by atoms with van der Waals surface area (Å²) in [5, 5.41) is 8.55. The van der Waals surface area contributed by atoms with Crippen LogP contribution in [0.5, 0.6) is 0 Å². The molecule has 0 aliphatic rings. The van der Waals surface area contributed by atoms with Gasteiger partial charge in [-0.25, -0.2) is 14.0 Å². The maximum atomic E-state index is 13.3. The lowest BCUT2D eigenvalue weighted by Gasteiger charge is -2.02. The Hall–Kier alpha value is -1.91. The molecule has 0 saturated carbocycles. The minimum absolute atomic E-state index is 0.382. The minimum atomic E-state index is -1.42. The number of carboxylic acid groups (broad SMARTS) is 1. The fourth-order valence-corrected chi connectivity index (χ4v) is 0.965. The Kier molecular flexibility index (Phi) is 2.81. The van der Waals surface area contributed by atoms with E-state index in [2.05, 4.69) is 4.74 Å². The van der Waals surface area contributed by atoms with Gasteiger partial charge in [0.2, 0.25) is 0 Å². The number of hydrogen-bond acceptors (Lipinski definition) is 3. The molecule has 1 N–H and O–H groups in total. The van der Waals surface area contributed by atoms with E-state index in [1.54, 1.807) is 0 Å². The van der Waals surface area contributed by atoms with Crippen LogP contribution in [0.3, 0.4) is 0 Å². The number of methoxy groups -OCH3 is 1. The Labute approximate surface area is 78.9 Å². The van der Waals surface area contributed by atoms with Crippen LogP contribution < -0.4 is 0 Å². The molecule has 0 spiro atoms. The third-order valence-electron chi connectivity index (χ3n) is 1.63. The van der Waals surface area contributed by atoms with Gasteiger partial charge >= 0.3 is 11.9 Å². The van der Waals surface area contributed by atoms with E-state index >= 15 is 0 Å². The SMILES string of the molecule is COC(=O)c1cccc(C(=O)O)c1F. The molecule has 14 heavy (non-hydrogen) atoms. The van der Waals surface area contributed by atoms with Crippen LogP contribution in [0.15, 0.2) is 18.2 Å². The molecule has 0 aromatic heterocycles. The standard InChI is InChI=1S/C9H7FO4/c1-14-9(13)6-4-2-3-5(7(6)10)8(11)12/h2-4H,1H3,(H,11,12). The summed E-state index contributed by atoms with van der Waals surface area (Å²) in [5.74, 6) is -3.40. The van der Waals surface area contributed by atoms with Crippen molar-refractivity contribution in [3.8, 4) is 0 Å². The lowest BCUT2D eigenvalue weighted by molar-refractivity contribution is 0.0595. The largest absolute Gasteiger partial charge is 0.478 e. The zero-order valence-electron chi connectivity index (χ0n) is 7.28. The maximum absolute atomic E-state index is 13.3. The van der Waals surface area contributed by atoms with Crippen molar-refractivity contribution < 1.29 is 23.8 Å². The number of carbonyl (C=O) groups is 2. The summed E-state index contributed by atoms with van der Waals surface area (Å²) >= 11 is 0. The summed E-state index contributed by atoms with van der Waals surface area (Å²) in [6.07, 6.45) is 0. The first-order valence-corrected chi connectivity index (χ1v) is 3.68. The van der Waals surface area contributed by atoms with Crippen LogP contribution in [-0.4, -0.2) is 24.2 Å². The molecule has 0 unspecified atom stereocenters. The normalized spacial score (nSPS) is 9.57. The average molecular weight is 198 g/mol. The summed E-state index contributed by atoms with van der Waals surface area (Å²) in [5.41, 5.74) is -0.930. The molecule has 0 aliphatic heterocycles. The minimum Gasteiger partial charge on any atom is -0.478 e. The smallest absolute Gasteiger partial charge is 0.340 e. The molecule has 0 atom stereocenters. The Morgan fingerprint density at radius 3 is 2.43 bits per heavy atom. The first-order chi connectivity index (χ1) is 6.57. The van der Waals surface area contributed by atoms with Gasteiger partial charge < -0.3 is 9.84 Å². The van der Waals surface area contributed by atoms with E-state index in [1.165, 1.54) is 6.07 Å². The third-order valence-corrected chi connectivity index (χ3v) is 1.63. The molecule has 0 amide bonds. The molecule has 0 bridgehead atoms. The van der Waals surface area contributed by atoms with Crippen LogP contribution in [0.1, 0.15) is 20.7 Å². The Morgan fingerprint density at radius 2 is 1.93 bits per heavy atom. The molecule has 0 aliphatic carbocycles. The number of ether oxygens (including phenoxy) is 1. The fourth-order valence-electron chi connectivity index (χ4n) is 0.965. The number of aromatic carboxylic acids is 1. The van der Waals surface area contributed by atoms with E-state index in [4.69, 9.17) is 5.11 Å². The molecule has 1 aromatic carbocycles. The molecule has 4 nitrogen and oxygen atoms in total. The summed E-state index contributed by atoms with van der Waals surface area (Å²) in [7, 11) is 1.09. The molecule has 1 rings (SSSR count). The van der Waals surface area contributed by atoms with Gasteiger partial charge in [-0.2, -0.15) is 0 Å². The van der Waals surface area contributed by atoms with Gasteiger partial charge in [-0.3, -0.25) is 0 Å². The summed E-state index contributed by atoms with van der Waals surface area (Å²) < 4.78 is 17.6. The lowest BCUT2D eigenvalue weighted by Crippen LogP contribution is -2.09. The maximum Gasteiger partial charge on any atom is 0.340 e. The zero-order valence-corrected chi connectivity index (χ0v) is 7.28. The second-order valence-electron chi connectivity index (χ2n) is 2.46. The van der Waals surface area contributed by atoms with Crippen molar-refractivity contribution in [1.82, 2.24) is 0 Å². The second kappa shape index (κ2) is 3.87. The first kappa shape index (κ1) is 10.2. The molecule has 0 heterocycles. The van der Waals surface area contributed by atoms with Crippen molar-refractivity contribution >= 4 is 11.9 Å². The highest BCUT2D eigenvalue weighted by atomic mass is 19.1. The van der Waals surface area contributed by atoms with Crippen molar-refractivity contribution in [3.05, 3.63) is 35.1 Å². The molecule has 74 valence electrons. The highest BCUT2D eigenvalue weighted by Crippen LogP contribution is 2.13. The van der Waals surface area contributed by atoms with Crippen LogP contribution in [0.4, 0.5) is 4.39 Å². The van der Waals surface area contributed by atoms with E-state index in [-0.39, 0.29) is 5.56 Å². The lowest BCUT2D eigenvalue weighted by atomic mass is 10.1. The summed E-state index contributed by atoms with van der Waals surface area (Å²) in [4.78, 5) is 21.4. The van der Waals surface area contributed by atoms with Crippen molar-refractivity contribution in [1.29, 1.82) is 0 Å². The van der Waals surface area contributed by atoms with E-state index < -0.39 is 23.3 Å². The Bertz CT molecular complexity index is 386. The monoisotopic (exact) mass is 198 g/mol. The molecule has 0 saturated heterocycles. The molecule has 5 heteroatoms. The summed E-state index contributed by atoms with van der Waals surface area (Å²) in [6.45, 7) is 0. The van der Waals surface area contributed by atoms with Crippen LogP contribution in [0, 0.1) is 5.82 Å². The number of esters is 1. The first-order valence-electron chi connectivity index (χ1n) is 3.68. The van der Waals surface area contributed by atoms with Crippen molar-refractivity contribution in [2.45, 2.75) is 0 Å². The van der Waals surface area contributed by atoms with E-state index in [9.17, 15) is 14.0 Å². The number of halogens is 1. The van der Waals surface area contributed by atoms with E-state index in [0.717, 1.165) is 19.2 Å². The predicted molar refractivity (Wildman–Crippen MR) is 44.7 cm³/mol. The van der Waals surface area contributed by atoms with Crippen molar-refractivity contribution in [2.24, 2.45) is 0 Å². The molecule has 1 aromatic rings. The molecular formula is C9H7FO4. The van der Waals surface area contributed by atoms with Crippen LogP contribution in [0.2, 0.25) is 0 Å². The number of carbonyl (C=O) groups excluding carboxylic acids is 1. The van der Waals surface area contributed by atoms with Gasteiger partial charge in [0, 0.05) is 0 Å². The number of rotatable bonds is 2. The van der Waals surface area contributed by atoms with Gasteiger partial charge in [0.25, 0.3) is 0 Å². The van der Waals surface area contributed by atoms with Crippen LogP contribution >= 0.6 is 0 Å². The van der Waals surface area contributed by atoms with Gasteiger partial charge in [-0.1, -0.05) is 6.07 Å².